The maximum Gasteiger partial charge on any atom is 0.416 e. The fraction of sp³-hybridized carbons (Fsp3) is 0.364. The van der Waals surface area contributed by atoms with Crippen LogP contribution in [0.5, 0.6) is 0 Å². The van der Waals surface area contributed by atoms with Crippen molar-refractivity contribution in [1.29, 1.82) is 5.26 Å². The van der Waals surface area contributed by atoms with Crippen molar-refractivity contribution in [2.75, 3.05) is 0 Å². The molecule has 0 unspecified atom stereocenters. The summed E-state index contributed by atoms with van der Waals surface area (Å²) in [6.45, 7) is 3.34. The van der Waals surface area contributed by atoms with E-state index in [2.05, 4.69) is 0 Å². The average Bonchev–Trinajstić information content (AvgIpc) is 2.15. The third-order valence-corrected chi connectivity index (χ3v) is 2.11. The monoisotopic (exact) mass is 213 g/mol. The highest BCUT2D eigenvalue weighted by Gasteiger charge is 2.33. The van der Waals surface area contributed by atoms with Crippen LogP contribution in [0, 0.1) is 11.3 Å². The molecule has 0 aliphatic carbocycles. The molecule has 0 aromatic heterocycles. The second-order valence-corrected chi connectivity index (χ2v) is 3.57. The Morgan fingerprint density at radius 1 is 1.27 bits per heavy atom. The Morgan fingerprint density at radius 2 is 1.87 bits per heavy atom. The average molecular weight is 213 g/mol. The Bertz CT molecular complexity index is 399. The van der Waals surface area contributed by atoms with Crippen molar-refractivity contribution < 1.29 is 13.2 Å². The van der Waals surface area contributed by atoms with E-state index in [0.717, 1.165) is 6.07 Å². The predicted molar refractivity (Wildman–Crippen MR) is 50.2 cm³/mol. The number of nitrogens with zero attached hydrogens (tertiary/aromatic N) is 1. The summed E-state index contributed by atoms with van der Waals surface area (Å²) in [5.41, 5.74) is -0.232. The lowest BCUT2D eigenvalue weighted by Crippen LogP contribution is -2.10. The number of nitriles is 1. The first-order chi connectivity index (χ1) is 6.86. The minimum absolute atomic E-state index is 0.168. The maximum atomic E-state index is 12.6. The van der Waals surface area contributed by atoms with Crippen molar-refractivity contribution in [1.82, 2.24) is 0 Å². The van der Waals surface area contributed by atoms with E-state index in [4.69, 9.17) is 5.26 Å². The van der Waals surface area contributed by atoms with E-state index in [1.807, 2.05) is 6.07 Å². The molecule has 0 saturated heterocycles. The molecule has 15 heavy (non-hydrogen) atoms. The normalized spacial score (nSPS) is 11.5. The lowest BCUT2D eigenvalue weighted by atomic mass is 9.95. The summed E-state index contributed by atoms with van der Waals surface area (Å²) in [5.74, 6) is -0.255. The van der Waals surface area contributed by atoms with Crippen molar-refractivity contribution in [2.45, 2.75) is 25.9 Å². The van der Waals surface area contributed by atoms with Crippen LogP contribution in [0.4, 0.5) is 13.2 Å². The number of benzene rings is 1. The lowest BCUT2D eigenvalue weighted by molar-refractivity contribution is -0.138. The lowest BCUT2D eigenvalue weighted by Gasteiger charge is -2.15. The molecule has 0 aliphatic rings. The molecule has 0 N–H and O–H groups in total. The van der Waals surface area contributed by atoms with Crippen molar-refractivity contribution >= 4 is 0 Å². The summed E-state index contributed by atoms with van der Waals surface area (Å²) in [4.78, 5) is 0. The highest BCUT2D eigenvalue weighted by molar-refractivity contribution is 5.41. The quantitative estimate of drug-likeness (QED) is 0.697. The zero-order valence-corrected chi connectivity index (χ0v) is 8.39. The fourth-order valence-corrected chi connectivity index (χ4v) is 1.37. The van der Waals surface area contributed by atoms with Gasteiger partial charge in [-0.1, -0.05) is 13.8 Å². The van der Waals surface area contributed by atoms with Crippen LogP contribution in [-0.4, -0.2) is 0 Å². The number of halogens is 3. The molecule has 1 aromatic rings. The molecule has 0 bridgehead atoms. The minimum atomic E-state index is -4.35. The fourth-order valence-electron chi connectivity index (χ4n) is 1.37. The van der Waals surface area contributed by atoms with Gasteiger partial charge in [0.25, 0.3) is 0 Å². The summed E-state index contributed by atoms with van der Waals surface area (Å²) in [5, 5.41) is 8.61. The molecule has 1 rings (SSSR count). The third kappa shape index (κ3) is 2.50. The van der Waals surface area contributed by atoms with Gasteiger partial charge in [0.1, 0.15) is 0 Å². The Balaban J connectivity index is 3.36. The molecule has 0 fully saturated rings. The van der Waals surface area contributed by atoms with Crippen LogP contribution in [0.3, 0.4) is 0 Å². The van der Waals surface area contributed by atoms with Crippen LogP contribution in [0.2, 0.25) is 0 Å². The highest BCUT2D eigenvalue weighted by atomic mass is 19.4. The van der Waals surface area contributed by atoms with Gasteiger partial charge < -0.3 is 0 Å². The van der Waals surface area contributed by atoms with E-state index >= 15 is 0 Å². The summed E-state index contributed by atoms with van der Waals surface area (Å²) in [7, 11) is 0. The van der Waals surface area contributed by atoms with Gasteiger partial charge in [-0.25, -0.2) is 0 Å². The second kappa shape index (κ2) is 3.93. The molecule has 4 heteroatoms. The number of rotatable bonds is 1. The SMILES string of the molecule is CC(C)c1cc(C#N)ccc1C(F)(F)F. The molecule has 1 aromatic carbocycles. The number of hydrogen-bond donors (Lipinski definition) is 0. The van der Waals surface area contributed by atoms with Crippen LogP contribution in [0.1, 0.15) is 36.5 Å². The van der Waals surface area contributed by atoms with Crippen molar-refractivity contribution in [3.8, 4) is 6.07 Å². The first-order valence-corrected chi connectivity index (χ1v) is 4.47. The van der Waals surface area contributed by atoms with Crippen LogP contribution in [-0.2, 0) is 6.18 Å². The first kappa shape index (κ1) is 11.6. The smallest absolute Gasteiger partial charge is 0.192 e. The van der Waals surface area contributed by atoms with Gasteiger partial charge >= 0.3 is 6.18 Å². The third-order valence-electron chi connectivity index (χ3n) is 2.11. The van der Waals surface area contributed by atoms with Gasteiger partial charge in [-0.3, -0.25) is 0 Å². The zero-order valence-electron chi connectivity index (χ0n) is 8.39. The van der Waals surface area contributed by atoms with Crippen molar-refractivity contribution in [3.63, 3.8) is 0 Å². The first-order valence-electron chi connectivity index (χ1n) is 4.47. The molecular weight excluding hydrogens is 203 g/mol. The van der Waals surface area contributed by atoms with E-state index in [1.165, 1.54) is 12.1 Å². The topological polar surface area (TPSA) is 23.8 Å². The van der Waals surface area contributed by atoms with Crippen LogP contribution in [0.15, 0.2) is 18.2 Å². The van der Waals surface area contributed by atoms with Gasteiger partial charge in [-0.2, -0.15) is 18.4 Å². The summed E-state index contributed by atoms with van der Waals surface area (Å²) in [6, 6.07) is 5.29. The number of alkyl halides is 3. The molecule has 0 amide bonds. The molecule has 0 saturated carbocycles. The van der Waals surface area contributed by atoms with Crippen LogP contribution in [0.25, 0.3) is 0 Å². The van der Waals surface area contributed by atoms with Gasteiger partial charge in [-0.05, 0) is 29.7 Å². The van der Waals surface area contributed by atoms with Crippen LogP contribution >= 0.6 is 0 Å². The maximum absolute atomic E-state index is 12.6. The van der Waals surface area contributed by atoms with Crippen LogP contribution < -0.4 is 0 Å². The van der Waals surface area contributed by atoms with E-state index in [1.54, 1.807) is 13.8 Å². The Kier molecular flexibility index (Phi) is 3.04. The molecule has 0 spiro atoms. The van der Waals surface area contributed by atoms with Gasteiger partial charge in [0.2, 0.25) is 0 Å². The standard InChI is InChI=1S/C11H10F3N/c1-7(2)9-5-8(6-15)3-4-10(9)11(12,13)14/h3-5,7H,1-2H3. The summed E-state index contributed by atoms with van der Waals surface area (Å²) < 4.78 is 37.7. The van der Waals surface area contributed by atoms with Crippen molar-refractivity contribution in [3.05, 3.63) is 34.9 Å². The van der Waals surface area contributed by atoms with Gasteiger partial charge in [0.05, 0.1) is 17.2 Å². The second-order valence-electron chi connectivity index (χ2n) is 3.57. The van der Waals surface area contributed by atoms with E-state index < -0.39 is 11.7 Å². The summed E-state index contributed by atoms with van der Waals surface area (Å²) >= 11 is 0. The summed E-state index contributed by atoms with van der Waals surface area (Å²) in [6.07, 6.45) is -4.35. The minimum Gasteiger partial charge on any atom is -0.192 e. The molecule has 0 radical (unpaired) electrons. The Morgan fingerprint density at radius 3 is 2.27 bits per heavy atom. The zero-order chi connectivity index (χ0) is 11.6. The molecular formula is C11H10F3N. The van der Waals surface area contributed by atoms with E-state index in [-0.39, 0.29) is 17.0 Å². The largest absolute Gasteiger partial charge is 0.416 e. The molecule has 80 valence electrons. The Labute approximate surface area is 86.1 Å². The van der Waals surface area contributed by atoms with Crippen molar-refractivity contribution in [2.24, 2.45) is 0 Å². The van der Waals surface area contributed by atoms with E-state index in [9.17, 15) is 13.2 Å². The molecule has 0 heterocycles. The van der Waals surface area contributed by atoms with Gasteiger partial charge in [-0.15, -0.1) is 0 Å². The van der Waals surface area contributed by atoms with Gasteiger partial charge in [0.15, 0.2) is 0 Å². The van der Waals surface area contributed by atoms with Gasteiger partial charge in [0, 0.05) is 0 Å². The Hall–Kier alpha value is -1.50. The molecule has 0 aliphatic heterocycles. The highest BCUT2D eigenvalue weighted by Crippen LogP contribution is 2.35. The molecule has 0 atom stereocenters. The predicted octanol–water partition coefficient (Wildman–Crippen LogP) is 3.70. The molecule has 1 nitrogen and oxygen atoms in total. The number of hydrogen-bond acceptors (Lipinski definition) is 1. The van der Waals surface area contributed by atoms with E-state index in [0.29, 0.717) is 0 Å².